The summed E-state index contributed by atoms with van der Waals surface area (Å²) in [6, 6.07) is 0.470. The van der Waals surface area contributed by atoms with E-state index < -0.39 is 0 Å². The van der Waals surface area contributed by atoms with Crippen LogP contribution in [0.3, 0.4) is 0 Å². The topological polar surface area (TPSA) is 41.1 Å². The molecule has 1 aliphatic carbocycles. The van der Waals surface area contributed by atoms with E-state index in [4.69, 9.17) is 0 Å². The number of amides is 1. The molecule has 0 aromatic carbocycles. The molecule has 2 bridgehead atoms. The highest BCUT2D eigenvalue weighted by Gasteiger charge is 2.44. The van der Waals surface area contributed by atoms with E-state index in [9.17, 15) is 4.79 Å². The number of hydrogen-bond acceptors (Lipinski definition) is 2. The molecule has 2 aliphatic heterocycles. The van der Waals surface area contributed by atoms with Gasteiger partial charge in [0.05, 0.1) is 0 Å². The molecule has 1 saturated carbocycles. The molecular formula is C11H20N2O. The minimum Gasteiger partial charge on any atom is -0.352 e. The Hall–Kier alpha value is -0.570. The molecule has 80 valence electrons. The zero-order chi connectivity index (χ0) is 10.1. The van der Waals surface area contributed by atoms with Crippen LogP contribution in [0.2, 0.25) is 0 Å². The normalized spacial score (nSPS) is 37.1. The Morgan fingerprint density at radius 1 is 1.50 bits per heavy atom. The molecule has 0 spiro atoms. The number of rotatable bonds is 3. The van der Waals surface area contributed by atoms with Crippen LogP contribution >= 0.6 is 0 Å². The lowest BCUT2D eigenvalue weighted by atomic mass is 9.67. The quantitative estimate of drug-likeness (QED) is 0.699. The molecule has 3 heteroatoms. The van der Waals surface area contributed by atoms with Crippen molar-refractivity contribution in [3.63, 3.8) is 0 Å². The number of carbonyl (C=O) groups excluding carboxylic acids is 1. The summed E-state index contributed by atoms with van der Waals surface area (Å²) in [7, 11) is 0. The minimum atomic E-state index is 0.171. The third-order valence-corrected chi connectivity index (χ3v) is 3.80. The van der Waals surface area contributed by atoms with Gasteiger partial charge >= 0.3 is 0 Å². The summed E-state index contributed by atoms with van der Waals surface area (Å²) in [6.07, 6.45) is 2.24. The van der Waals surface area contributed by atoms with Gasteiger partial charge in [0.1, 0.15) is 0 Å². The number of piperidine rings is 2. The first-order valence-electron chi connectivity index (χ1n) is 5.73. The SMILES string of the molecule is CCC(C)C(=O)NC1C2CNCC1C2. The maximum absolute atomic E-state index is 11.7. The first-order valence-corrected chi connectivity index (χ1v) is 5.73. The van der Waals surface area contributed by atoms with E-state index in [2.05, 4.69) is 17.6 Å². The number of nitrogens with one attached hydrogen (secondary N) is 2. The van der Waals surface area contributed by atoms with E-state index in [1.165, 1.54) is 6.42 Å². The fraction of sp³-hybridized carbons (Fsp3) is 0.909. The minimum absolute atomic E-state index is 0.171. The van der Waals surface area contributed by atoms with Gasteiger partial charge in [-0.05, 0) is 37.8 Å². The Morgan fingerprint density at radius 3 is 2.64 bits per heavy atom. The van der Waals surface area contributed by atoms with E-state index in [1.807, 2.05) is 6.92 Å². The largest absolute Gasteiger partial charge is 0.352 e. The second-order valence-electron chi connectivity index (χ2n) is 4.76. The third kappa shape index (κ3) is 1.65. The first kappa shape index (κ1) is 9.97. The average Bonchev–Trinajstić information content (AvgIpc) is 2.25. The van der Waals surface area contributed by atoms with Crippen molar-refractivity contribution in [1.29, 1.82) is 0 Å². The lowest BCUT2D eigenvalue weighted by Gasteiger charge is -2.50. The van der Waals surface area contributed by atoms with Crippen molar-refractivity contribution in [2.75, 3.05) is 13.1 Å². The molecular weight excluding hydrogens is 176 g/mol. The van der Waals surface area contributed by atoms with Crippen LogP contribution in [0.25, 0.3) is 0 Å². The van der Waals surface area contributed by atoms with Gasteiger partial charge in [-0.3, -0.25) is 4.79 Å². The molecule has 2 N–H and O–H groups in total. The van der Waals surface area contributed by atoms with Crippen molar-refractivity contribution in [3.05, 3.63) is 0 Å². The molecule has 3 fully saturated rings. The second kappa shape index (κ2) is 3.89. The molecule has 3 nitrogen and oxygen atoms in total. The smallest absolute Gasteiger partial charge is 0.223 e. The third-order valence-electron chi connectivity index (χ3n) is 3.80. The monoisotopic (exact) mass is 196 g/mol. The van der Waals surface area contributed by atoms with E-state index in [0.717, 1.165) is 19.5 Å². The van der Waals surface area contributed by atoms with Gasteiger partial charge in [-0.15, -0.1) is 0 Å². The van der Waals surface area contributed by atoms with Crippen molar-refractivity contribution in [2.45, 2.75) is 32.7 Å². The molecule has 1 amide bonds. The molecule has 3 rings (SSSR count). The summed E-state index contributed by atoms with van der Waals surface area (Å²) in [5, 5.41) is 6.57. The predicted molar refractivity (Wildman–Crippen MR) is 55.9 cm³/mol. The van der Waals surface area contributed by atoms with Gasteiger partial charge in [0.2, 0.25) is 5.91 Å². The van der Waals surface area contributed by atoms with Gasteiger partial charge in [0, 0.05) is 12.0 Å². The Kier molecular flexibility index (Phi) is 2.77. The Morgan fingerprint density at radius 2 is 2.14 bits per heavy atom. The van der Waals surface area contributed by atoms with Crippen molar-refractivity contribution >= 4 is 5.91 Å². The summed E-state index contributed by atoms with van der Waals surface area (Å²) in [5.41, 5.74) is 0. The molecule has 0 aromatic heterocycles. The Bertz CT molecular complexity index is 215. The van der Waals surface area contributed by atoms with Crippen LogP contribution in [0, 0.1) is 17.8 Å². The summed E-state index contributed by atoms with van der Waals surface area (Å²) in [6.45, 7) is 6.24. The standard InChI is InChI=1S/C11H20N2O/c1-3-7(2)11(14)13-10-8-4-9(10)6-12-5-8/h7-10,12H,3-6H2,1-2H3,(H,13,14). The summed E-state index contributed by atoms with van der Waals surface area (Å²) >= 11 is 0. The van der Waals surface area contributed by atoms with Crippen molar-refractivity contribution in [2.24, 2.45) is 17.8 Å². The van der Waals surface area contributed by atoms with Gasteiger partial charge in [0.15, 0.2) is 0 Å². The average molecular weight is 196 g/mol. The number of hydrogen-bond donors (Lipinski definition) is 2. The molecule has 14 heavy (non-hydrogen) atoms. The van der Waals surface area contributed by atoms with Crippen molar-refractivity contribution < 1.29 is 4.79 Å². The van der Waals surface area contributed by atoms with Crippen LogP contribution in [0.4, 0.5) is 0 Å². The first-order chi connectivity index (χ1) is 6.72. The molecule has 2 heterocycles. The Balaban J connectivity index is 1.83. The van der Waals surface area contributed by atoms with Crippen LogP contribution in [0.1, 0.15) is 26.7 Å². The van der Waals surface area contributed by atoms with Gasteiger partial charge < -0.3 is 10.6 Å². The van der Waals surface area contributed by atoms with Gasteiger partial charge in [0.25, 0.3) is 0 Å². The second-order valence-corrected chi connectivity index (χ2v) is 4.76. The van der Waals surface area contributed by atoms with Crippen LogP contribution in [0.15, 0.2) is 0 Å². The Labute approximate surface area is 85.6 Å². The van der Waals surface area contributed by atoms with Crippen molar-refractivity contribution in [1.82, 2.24) is 10.6 Å². The lowest BCUT2D eigenvalue weighted by Crippen LogP contribution is -2.63. The molecule has 2 saturated heterocycles. The van der Waals surface area contributed by atoms with Gasteiger partial charge in [-0.1, -0.05) is 13.8 Å². The summed E-state index contributed by atoms with van der Waals surface area (Å²) in [5.74, 6) is 1.81. The van der Waals surface area contributed by atoms with Gasteiger partial charge in [-0.2, -0.15) is 0 Å². The van der Waals surface area contributed by atoms with Crippen LogP contribution in [0.5, 0.6) is 0 Å². The molecule has 3 aliphatic rings. The molecule has 0 radical (unpaired) electrons. The fourth-order valence-corrected chi connectivity index (χ4v) is 2.47. The predicted octanol–water partition coefficient (Wildman–Crippen LogP) is 0.757. The van der Waals surface area contributed by atoms with Crippen LogP contribution in [-0.4, -0.2) is 25.0 Å². The van der Waals surface area contributed by atoms with Crippen molar-refractivity contribution in [3.8, 4) is 0 Å². The zero-order valence-electron chi connectivity index (χ0n) is 9.05. The van der Waals surface area contributed by atoms with E-state index in [-0.39, 0.29) is 11.8 Å². The van der Waals surface area contributed by atoms with Crippen LogP contribution in [-0.2, 0) is 4.79 Å². The maximum Gasteiger partial charge on any atom is 0.223 e. The number of carbonyl (C=O) groups is 1. The molecule has 0 aromatic rings. The van der Waals surface area contributed by atoms with Crippen LogP contribution < -0.4 is 10.6 Å². The van der Waals surface area contributed by atoms with E-state index >= 15 is 0 Å². The number of fused-ring (bicyclic) bond motifs is 2. The highest BCUT2D eigenvalue weighted by molar-refractivity contribution is 5.78. The van der Waals surface area contributed by atoms with Gasteiger partial charge in [-0.25, -0.2) is 0 Å². The summed E-state index contributed by atoms with van der Waals surface area (Å²) < 4.78 is 0. The fourth-order valence-electron chi connectivity index (χ4n) is 2.47. The van der Waals surface area contributed by atoms with E-state index in [0.29, 0.717) is 17.9 Å². The zero-order valence-corrected chi connectivity index (χ0v) is 9.05. The van der Waals surface area contributed by atoms with E-state index in [1.54, 1.807) is 0 Å². The highest BCUT2D eigenvalue weighted by atomic mass is 16.1. The molecule has 3 atom stereocenters. The molecule has 3 unspecified atom stereocenters. The highest BCUT2D eigenvalue weighted by Crippen LogP contribution is 2.36. The lowest BCUT2D eigenvalue weighted by molar-refractivity contribution is -0.128. The summed E-state index contributed by atoms with van der Waals surface area (Å²) in [4.78, 5) is 11.7. The maximum atomic E-state index is 11.7.